The van der Waals surface area contributed by atoms with E-state index in [-0.39, 0.29) is 0 Å². The van der Waals surface area contributed by atoms with Crippen molar-refractivity contribution in [3.8, 4) is 0 Å². The summed E-state index contributed by atoms with van der Waals surface area (Å²) in [6.07, 6.45) is 2.32. The molecule has 0 N–H and O–H groups in total. The van der Waals surface area contributed by atoms with E-state index in [1.165, 1.54) is 0 Å². The van der Waals surface area contributed by atoms with Crippen LogP contribution in [-0.2, 0) is 19.3 Å². The molecule has 0 aliphatic rings. The predicted octanol–water partition coefficient (Wildman–Crippen LogP) is 0.576. The fourth-order valence-electron chi connectivity index (χ4n) is 0. The second kappa shape index (κ2) is 13.5. The van der Waals surface area contributed by atoms with E-state index >= 15 is 0 Å². The van der Waals surface area contributed by atoms with Crippen LogP contribution in [0.25, 0.3) is 0 Å². The van der Waals surface area contributed by atoms with Gasteiger partial charge in [0.05, 0.1) is 0 Å². The van der Waals surface area contributed by atoms with Gasteiger partial charge >= 0.3 is 0 Å². The molecule has 78 valence electrons. The molecule has 0 aliphatic heterocycles. The Hall–Kier alpha value is -0.130. The summed E-state index contributed by atoms with van der Waals surface area (Å²) in [7, 11) is 2.26. The monoisotopic (exact) mass is 200 g/mol. The Balaban J connectivity index is -0.000000105. The van der Waals surface area contributed by atoms with E-state index < -0.39 is 9.84 Å². The van der Waals surface area contributed by atoms with Crippen LogP contribution in [0.4, 0.5) is 0 Å². The maximum Gasteiger partial charge on any atom is 0.144 e. The Morgan fingerprint density at radius 1 is 1.08 bits per heavy atom. The molecule has 0 amide bonds. The SMILES string of the molecule is CCOC.COC.CS(C)(=O)=O. The molecule has 0 saturated carbocycles. The van der Waals surface area contributed by atoms with E-state index in [4.69, 9.17) is 0 Å². The lowest BCUT2D eigenvalue weighted by Crippen LogP contribution is -1.86. The van der Waals surface area contributed by atoms with E-state index in [2.05, 4.69) is 9.47 Å². The smallest absolute Gasteiger partial charge is 0.144 e. The first-order chi connectivity index (χ1) is 5.33. The molecule has 0 radical (unpaired) electrons. The van der Waals surface area contributed by atoms with Crippen molar-refractivity contribution in [2.24, 2.45) is 0 Å². The first kappa shape index (κ1) is 17.8. The van der Waals surface area contributed by atoms with Gasteiger partial charge < -0.3 is 9.47 Å². The maximum atomic E-state index is 9.63. The lowest BCUT2D eigenvalue weighted by molar-refractivity contribution is 0.215. The largest absolute Gasteiger partial charge is 0.388 e. The predicted molar refractivity (Wildman–Crippen MR) is 51.3 cm³/mol. The second-order valence-corrected chi connectivity index (χ2v) is 4.41. The van der Waals surface area contributed by atoms with Crippen LogP contribution in [-0.4, -0.2) is 48.9 Å². The quantitative estimate of drug-likeness (QED) is 0.621. The average Bonchev–Trinajstić information content (AvgIpc) is 1.85. The molecule has 4 nitrogen and oxygen atoms in total. The van der Waals surface area contributed by atoms with Gasteiger partial charge in [-0.15, -0.1) is 0 Å². The molecule has 12 heavy (non-hydrogen) atoms. The van der Waals surface area contributed by atoms with Crippen LogP contribution in [0.5, 0.6) is 0 Å². The Morgan fingerprint density at radius 2 is 1.17 bits per heavy atom. The molecule has 0 aromatic carbocycles. The zero-order chi connectivity index (χ0) is 10.6. The molecule has 0 spiro atoms. The van der Waals surface area contributed by atoms with Crippen LogP contribution < -0.4 is 0 Å². The van der Waals surface area contributed by atoms with Crippen molar-refractivity contribution < 1.29 is 17.9 Å². The standard InChI is InChI=1S/C3H8O.C2H6O2S.C2H6O/c1-3-4-2;1-5(2,3)4;1-3-2/h3H2,1-2H3;1-2H3;1-2H3. The van der Waals surface area contributed by atoms with Gasteiger partial charge in [-0.1, -0.05) is 0 Å². The fourth-order valence-corrected chi connectivity index (χ4v) is 0. The van der Waals surface area contributed by atoms with Crippen molar-refractivity contribution in [3.63, 3.8) is 0 Å². The molecule has 0 bridgehead atoms. The van der Waals surface area contributed by atoms with Crippen molar-refractivity contribution in [2.45, 2.75) is 6.92 Å². The summed E-state index contributed by atoms with van der Waals surface area (Å²) in [6, 6.07) is 0. The van der Waals surface area contributed by atoms with Crippen molar-refractivity contribution in [1.29, 1.82) is 0 Å². The summed E-state index contributed by atoms with van der Waals surface area (Å²) < 4.78 is 28.1. The summed E-state index contributed by atoms with van der Waals surface area (Å²) >= 11 is 0. The first-order valence-electron chi connectivity index (χ1n) is 3.37. The number of ether oxygens (including phenoxy) is 2. The number of hydrogen-bond donors (Lipinski definition) is 0. The Bertz CT molecular complexity index is 129. The van der Waals surface area contributed by atoms with Gasteiger partial charge in [0.1, 0.15) is 9.84 Å². The van der Waals surface area contributed by atoms with Crippen molar-refractivity contribution >= 4 is 9.84 Å². The summed E-state index contributed by atoms with van der Waals surface area (Å²) in [5, 5.41) is 0. The van der Waals surface area contributed by atoms with E-state index in [9.17, 15) is 8.42 Å². The second-order valence-electron chi connectivity index (χ2n) is 2.13. The summed E-state index contributed by atoms with van der Waals surface area (Å²) in [6.45, 7) is 2.78. The van der Waals surface area contributed by atoms with E-state index in [1.54, 1.807) is 21.3 Å². The zero-order valence-corrected chi connectivity index (χ0v) is 9.56. The molecule has 0 aromatic rings. The van der Waals surface area contributed by atoms with Crippen LogP contribution in [0.1, 0.15) is 6.92 Å². The highest BCUT2D eigenvalue weighted by molar-refractivity contribution is 7.89. The van der Waals surface area contributed by atoms with Gasteiger partial charge in [0.15, 0.2) is 0 Å². The van der Waals surface area contributed by atoms with Crippen molar-refractivity contribution in [2.75, 3.05) is 40.4 Å². The number of sulfone groups is 1. The summed E-state index contributed by atoms with van der Waals surface area (Å²) in [4.78, 5) is 0. The third-order valence-electron chi connectivity index (χ3n) is 0.289. The van der Waals surface area contributed by atoms with Gasteiger partial charge in [-0.2, -0.15) is 0 Å². The lowest BCUT2D eigenvalue weighted by Gasteiger charge is -1.76. The van der Waals surface area contributed by atoms with Crippen LogP contribution in [0, 0.1) is 0 Å². The number of methoxy groups -OCH3 is 2. The van der Waals surface area contributed by atoms with Crippen molar-refractivity contribution in [1.82, 2.24) is 0 Å². The molecule has 0 heterocycles. The molecular weight excluding hydrogens is 180 g/mol. The minimum atomic E-state index is -2.67. The average molecular weight is 200 g/mol. The molecule has 0 unspecified atom stereocenters. The topological polar surface area (TPSA) is 52.6 Å². The molecule has 0 rings (SSSR count). The Labute approximate surface area is 75.8 Å². The third kappa shape index (κ3) is 1030. The van der Waals surface area contributed by atoms with Crippen molar-refractivity contribution in [3.05, 3.63) is 0 Å². The first-order valence-corrected chi connectivity index (χ1v) is 5.67. The highest BCUT2D eigenvalue weighted by atomic mass is 32.2. The van der Waals surface area contributed by atoms with Crippen LogP contribution >= 0.6 is 0 Å². The molecule has 0 atom stereocenters. The zero-order valence-electron chi connectivity index (χ0n) is 8.75. The third-order valence-corrected chi connectivity index (χ3v) is 0.289. The van der Waals surface area contributed by atoms with E-state index in [0.717, 1.165) is 19.1 Å². The highest BCUT2D eigenvalue weighted by Gasteiger charge is 1.79. The molecular formula is C7H20O4S. The van der Waals surface area contributed by atoms with Gasteiger partial charge in [-0.3, -0.25) is 0 Å². The van der Waals surface area contributed by atoms with E-state index in [0.29, 0.717) is 0 Å². The van der Waals surface area contributed by atoms with Gasteiger partial charge in [0.25, 0.3) is 0 Å². The molecule has 5 heteroatoms. The molecule has 0 aliphatic carbocycles. The Morgan fingerprint density at radius 3 is 1.17 bits per heavy atom. The normalized spacial score (nSPS) is 8.83. The molecule has 0 saturated heterocycles. The van der Waals surface area contributed by atoms with E-state index in [1.807, 2.05) is 6.92 Å². The van der Waals surface area contributed by atoms with Crippen LogP contribution in [0.15, 0.2) is 0 Å². The number of rotatable bonds is 1. The maximum absolute atomic E-state index is 9.63. The summed E-state index contributed by atoms with van der Waals surface area (Å²) in [5.41, 5.74) is 0. The number of hydrogen-bond acceptors (Lipinski definition) is 4. The van der Waals surface area contributed by atoms with Gasteiger partial charge in [-0.25, -0.2) is 8.42 Å². The minimum absolute atomic E-state index is 0.819. The molecule has 0 fully saturated rings. The van der Waals surface area contributed by atoms with Crippen LogP contribution in [0.2, 0.25) is 0 Å². The fraction of sp³-hybridized carbons (Fsp3) is 1.00. The minimum Gasteiger partial charge on any atom is -0.388 e. The van der Waals surface area contributed by atoms with Crippen LogP contribution in [0.3, 0.4) is 0 Å². The summed E-state index contributed by atoms with van der Waals surface area (Å²) in [5.74, 6) is 0. The lowest BCUT2D eigenvalue weighted by atomic mass is 10.9. The van der Waals surface area contributed by atoms with Gasteiger partial charge in [0, 0.05) is 40.4 Å². The molecule has 0 aromatic heterocycles. The van der Waals surface area contributed by atoms with Gasteiger partial charge in [-0.05, 0) is 6.92 Å². The Kier molecular flexibility index (Phi) is 20.0. The van der Waals surface area contributed by atoms with Gasteiger partial charge in [0.2, 0.25) is 0 Å². The highest BCUT2D eigenvalue weighted by Crippen LogP contribution is 1.61.